The highest BCUT2D eigenvalue weighted by molar-refractivity contribution is 5.88. The van der Waals surface area contributed by atoms with E-state index in [0.717, 1.165) is 19.4 Å². The molecule has 2 rings (SSSR count). The Hall–Kier alpha value is -1.60. The Kier molecular flexibility index (Phi) is 5.17. The second-order valence-corrected chi connectivity index (χ2v) is 4.43. The van der Waals surface area contributed by atoms with Crippen molar-refractivity contribution >= 4 is 11.8 Å². The number of hydrogen-bond donors (Lipinski definition) is 2. The Labute approximate surface area is 112 Å². The highest BCUT2D eigenvalue weighted by Crippen LogP contribution is 2.10. The fourth-order valence-corrected chi connectivity index (χ4v) is 1.91. The van der Waals surface area contributed by atoms with Gasteiger partial charge in [0, 0.05) is 32.5 Å². The number of carbonyl (C=O) groups is 1. The summed E-state index contributed by atoms with van der Waals surface area (Å²) in [4.78, 5) is 11.6. The topological polar surface area (TPSA) is 77.4 Å². The molecule has 106 valence electrons. The van der Waals surface area contributed by atoms with Crippen LogP contribution in [0.3, 0.4) is 0 Å². The molecule has 1 saturated heterocycles. The molecule has 0 aromatic carbocycles. The quantitative estimate of drug-likeness (QED) is 0.801. The number of anilines is 1. The molecule has 1 aliphatic heterocycles. The molecule has 2 N–H and O–H groups in total. The van der Waals surface area contributed by atoms with E-state index in [1.54, 1.807) is 24.1 Å². The molecule has 1 unspecified atom stereocenters. The first-order valence-corrected chi connectivity index (χ1v) is 6.47. The van der Waals surface area contributed by atoms with E-state index in [9.17, 15) is 4.79 Å². The second-order valence-electron chi connectivity index (χ2n) is 4.43. The molecule has 7 nitrogen and oxygen atoms in total. The van der Waals surface area contributed by atoms with Crippen LogP contribution in [0, 0.1) is 0 Å². The molecule has 7 heteroatoms. The lowest BCUT2D eigenvalue weighted by molar-refractivity contribution is 0.112. The van der Waals surface area contributed by atoms with Gasteiger partial charge in [-0.15, -0.1) is 0 Å². The predicted octanol–water partition coefficient (Wildman–Crippen LogP) is 0.830. The van der Waals surface area contributed by atoms with Crippen molar-refractivity contribution < 1.29 is 14.3 Å². The highest BCUT2D eigenvalue weighted by Gasteiger charge is 2.16. The summed E-state index contributed by atoms with van der Waals surface area (Å²) in [5, 5.41) is 9.66. The summed E-state index contributed by atoms with van der Waals surface area (Å²) in [5.41, 5.74) is 0. The van der Waals surface area contributed by atoms with E-state index in [2.05, 4.69) is 15.7 Å². The third-order valence-corrected chi connectivity index (χ3v) is 2.92. The van der Waals surface area contributed by atoms with Crippen LogP contribution in [0.5, 0.6) is 0 Å². The van der Waals surface area contributed by atoms with Crippen LogP contribution in [0.4, 0.5) is 10.6 Å². The summed E-state index contributed by atoms with van der Waals surface area (Å²) in [6.07, 6.45) is 4.02. The molecule has 2 heterocycles. The Morgan fingerprint density at radius 1 is 1.68 bits per heavy atom. The summed E-state index contributed by atoms with van der Waals surface area (Å²) in [6, 6.07) is 1.49. The van der Waals surface area contributed by atoms with Crippen LogP contribution in [-0.4, -0.2) is 48.8 Å². The van der Waals surface area contributed by atoms with Gasteiger partial charge in [-0.2, -0.15) is 5.10 Å². The molecule has 1 atom stereocenters. The molecule has 1 aliphatic rings. The van der Waals surface area contributed by atoms with E-state index in [1.165, 1.54) is 0 Å². The first-order chi connectivity index (χ1) is 9.28. The van der Waals surface area contributed by atoms with Gasteiger partial charge in [0.1, 0.15) is 0 Å². The predicted molar refractivity (Wildman–Crippen MR) is 70.1 cm³/mol. The maximum atomic E-state index is 11.6. The van der Waals surface area contributed by atoms with Gasteiger partial charge < -0.3 is 14.8 Å². The number of carbonyl (C=O) groups excluding carboxylic acids is 1. The van der Waals surface area contributed by atoms with Gasteiger partial charge in [-0.3, -0.25) is 10.00 Å². The fourth-order valence-electron chi connectivity index (χ4n) is 1.91. The molecular weight excluding hydrogens is 248 g/mol. The number of methoxy groups -OCH3 is 1. The number of hydrogen-bond acceptors (Lipinski definition) is 4. The van der Waals surface area contributed by atoms with E-state index in [-0.39, 0.29) is 12.1 Å². The van der Waals surface area contributed by atoms with Crippen molar-refractivity contribution in [2.75, 3.05) is 32.2 Å². The van der Waals surface area contributed by atoms with Gasteiger partial charge in [0.05, 0.1) is 19.3 Å². The van der Waals surface area contributed by atoms with Crippen LogP contribution in [0.15, 0.2) is 12.3 Å². The lowest BCUT2D eigenvalue weighted by Crippen LogP contribution is -2.35. The maximum absolute atomic E-state index is 11.6. The minimum Gasteiger partial charge on any atom is -0.383 e. The standard InChI is InChI=1S/C12H20N4O3/c1-18-8-6-16-5-4-11(15-16)14-12(17)13-9-10-3-2-7-19-10/h4-5,10H,2-3,6-9H2,1H3,(H2,13,14,15,17). The second kappa shape index (κ2) is 7.10. The summed E-state index contributed by atoms with van der Waals surface area (Å²) in [6.45, 7) is 2.58. The van der Waals surface area contributed by atoms with E-state index in [1.807, 2.05) is 0 Å². The van der Waals surface area contributed by atoms with E-state index < -0.39 is 0 Å². The maximum Gasteiger partial charge on any atom is 0.320 e. The third kappa shape index (κ3) is 4.53. The largest absolute Gasteiger partial charge is 0.383 e. The smallest absolute Gasteiger partial charge is 0.320 e. The number of nitrogens with zero attached hydrogens (tertiary/aromatic N) is 2. The van der Waals surface area contributed by atoms with Crippen molar-refractivity contribution in [3.05, 3.63) is 12.3 Å². The number of ether oxygens (including phenoxy) is 2. The van der Waals surface area contributed by atoms with E-state index in [4.69, 9.17) is 9.47 Å². The molecule has 0 bridgehead atoms. The van der Waals surface area contributed by atoms with Gasteiger partial charge in [-0.1, -0.05) is 0 Å². The monoisotopic (exact) mass is 268 g/mol. The molecule has 2 amide bonds. The Balaban J connectivity index is 1.70. The summed E-state index contributed by atoms with van der Waals surface area (Å²) < 4.78 is 12.1. The van der Waals surface area contributed by atoms with Crippen LogP contribution in [0.1, 0.15) is 12.8 Å². The summed E-state index contributed by atoms with van der Waals surface area (Å²) in [5.74, 6) is 0.529. The average Bonchev–Trinajstić information content (AvgIpc) is 3.05. The van der Waals surface area contributed by atoms with Crippen molar-refractivity contribution in [2.45, 2.75) is 25.5 Å². The van der Waals surface area contributed by atoms with Gasteiger partial charge >= 0.3 is 6.03 Å². The zero-order chi connectivity index (χ0) is 13.5. The van der Waals surface area contributed by atoms with Crippen LogP contribution >= 0.6 is 0 Å². The molecule has 0 radical (unpaired) electrons. The molecule has 1 aromatic heterocycles. The van der Waals surface area contributed by atoms with Crippen molar-refractivity contribution in [1.82, 2.24) is 15.1 Å². The van der Waals surface area contributed by atoms with Crippen molar-refractivity contribution in [2.24, 2.45) is 0 Å². The molecule has 0 saturated carbocycles. The first-order valence-electron chi connectivity index (χ1n) is 6.47. The minimum absolute atomic E-state index is 0.144. The number of amides is 2. The average molecular weight is 268 g/mol. The molecular formula is C12H20N4O3. The van der Waals surface area contributed by atoms with Gasteiger partial charge in [-0.25, -0.2) is 4.79 Å². The SMILES string of the molecule is COCCn1ccc(NC(=O)NCC2CCCO2)n1. The zero-order valence-corrected chi connectivity index (χ0v) is 11.1. The molecule has 0 aliphatic carbocycles. The van der Waals surface area contributed by atoms with Crippen LogP contribution in [-0.2, 0) is 16.0 Å². The molecule has 0 spiro atoms. The van der Waals surface area contributed by atoms with Crippen molar-refractivity contribution in [3.63, 3.8) is 0 Å². The normalized spacial score (nSPS) is 18.5. The van der Waals surface area contributed by atoms with Gasteiger partial charge in [0.25, 0.3) is 0 Å². The van der Waals surface area contributed by atoms with Crippen LogP contribution in [0.2, 0.25) is 0 Å². The Bertz CT molecular complexity index is 401. The summed E-state index contributed by atoms with van der Waals surface area (Å²) >= 11 is 0. The van der Waals surface area contributed by atoms with Crippen LogP contribution in [0.25, 0.3) is 0 Å². The number of aromatic nitrogens is 2. The minimum atomic E-state index is -0.257. The first kappa shape index (κ1) is 13.8. The molecule has 1 fully saturated rings. The van der Waals surface area contributed by atoms with E-state index >= 15 is 0 Å². The Morgan fingerprint density at radius 2 is 2.58 bits per heavy atom. The summed E-state index contributed by atoms with van der Waals surface area (Å²) in [7, 11) is 1.64. The fraction of sp³-hybridized carbons (Fsp3) is 0.667. The molecule has 1 aromatic rings. The third-order valence-electron chi connectivity index (χ3n) is 2.92. The Morgan fingerprint density at radius 3 is 3.32 bits per heavy atom. The number of urea groups is 1. The van der Waals surface area contributed by atoms with Crippen molar-refractivity contribution in [1.29, 1.82) is 0 Å². The lowest BCUT2D eigenvalue weighted by Gasteiger charge is -2.10. The van der Waals surface area contributed by atoms with Gasteiger partial charge in [0.2, 0.25) is 0 Å². The number of rotatable bonds is 6. The lowest BCUT2D eigenvalue weighted by atomic mass is 10.2. The van der Waals surface area contributed by atoms with Crippen LogP contribution < -0.4 is 10.6 Å². The van der Waals surface area contributed by atoms with Gasteiger partial charge in [-0.05, 0) is 12.8 Å². The number of nitrogens with one attached hydrogen (secondary N) is 2. The highest BCUT2D eigenvalue weighted by atomic mass is 16.5. The van der Waals surface area contributed by atoms with Gasteiger partial charge in [0.15, 0.2) is 5.82 Å². The zero-order valence-electron chi connectivity index (χ0n) is 11.1. The van der Waals surface area contributed by atoms with E-state index in [0.29, 0.717) is 25.5 Å². The molecule has 19 heavy (non-hydrogen) atoms. The van der Waals surface area contributed by atoms with Crippen molar-refractivity contribution in [3.8, 4) is 0 Å².